The molecule has 1 fully saturated rings. The van der Waals surface area contributed by atoms with Gasteiger partial charge in [0.2, 0.25) is 5.91 Å². The van der Waals surface area contributed by atoms with Crippen LogP contribution in [0.4, 0.5) is 0 Å². The van der Waals surface area contributed by atoms with Crippen LogP contribution >= 0.6 is 23.1 Å². The molecule has 1 saturated heterocycles. The first-order chi connectivity index (χ1) is 13.3. The summed E-state index contributed by atoms with van der Waals surface area (Å²) in [5, 5.41) is 10.5. The molecule has 0 unspecified atom stereocenters. The van der Waals surface area contributed by atoms with Gasteiger partial charge in [-0.05, 0) is 17.0 Å². The number of carbonyl (C=O) groups is 1. The van der Waals surface area contributed by atoms with Crippen molar-refractivity contribution in [1.82, 2.24) is 20.0 Å². The largest absolute Gasteiger partial charge is 0.410 e. The van der Waals surface area contributed by atoms with Crippen LogP contribution in [-0.4, -0.2) is 57.8 Å². The number of hydrogen-bond acceptors (Lipinski definition) is 7. The molecule has 1 aliphatic rings. The van der Waals surface area contributed by atoms with Gasteiger partial charge in [0.05, 0.1) is 10.6 Å². The molecule has 140 valence electrons. The Bertz CT molecular complexity index is 859. The Balaban J connectivity index is 1.23. The third-order valence-corrected chi connectivity index (χ3v) is 6.09. The zero-order chi connectivity index (χ0) is 18.5. The highest BCUT2D eigenvalue weighted by atomic mass is 32.2. The average Bonchev–Trinajstić information content (AvgIpc) is 3.39. The summed E-state index contributed by atoms with van der Waals surface area (Å²) in [4.78, 5) is 17.7. The summed E-state index contributed by atoms with van der Waals surface area (Å²) in [6.07, 6.45) is 0. The van der Waals surface area contributed by atoms with Gasteiger partial charge in [0.1, 0.15) is 0 Å². The molecular formula is C19H20N4O2S2. The van der Waals surface area contributed by atoms with Crippen LogP contribution < -0.4 is 0 Å². The zero-order valence-electron chi connectivity index (χ0n) is 14.8. The van der Waals surface area contributed by atoms with E-state index in [1.165, 1.54) is 17.3 Å². The van der Waals surface area contributed by atoms with Crippen LogP contribution in [-0.2, 0) is 11.3 Å². The summed E-state index contributed by atoms with van der Waals surface area (Å²) in [6, 6.07) is 14.3. The van der Waals surface area contributed by atoms with Gasteiger partial charge in [0.15, 0.2) is 0 Å². The van der Waals surface area contributed by atoms with Gasteiger partial charge in [-0.3, -0.25) is 9.69 Å². The van der Waals surface area contributed by atoms with Gasteiger partial charge >= 0.3 is 0 Å². The second-order valence-electron chi connectivity index (χ2n) is 6.28. The maximum absolute atomic E-state index is 12.5. The van der Waals surface area contributed by atoms with E-state index in [4.69, 9.17) is 4.42 Å². The Labute approximate surface area is 166 Å². The minimum Gasteiger partial charge on any atom is -0.410 e. The van der Waals surface area contributed by atoms with Gasteiger partial charge < -0.3 is 9.32 Å². The first-order valence-corrected chi connectivity index (χ1v) is 10.7. The molecule has 0 saturated carbocycles. The number of aromatic nitrogens is 2. The Hall–Kier alpha value is -2.16. The predicted octanol–water partition coefficient (Wildman–Crippen LogP) is 3.23. The third-order valence-electron chi connectivity index (χ3n) is 4.43. The molecule has 0 atom stereocenters. The number of thiophene rings is 1. The van der Waals surface area contributed by atoms with E-state index in [2.05, 4.69) is 39.4 Å². The fourth-order valence-corrected chi connectivity index (χ4v) is 4.29. The van der Waals surface area contributed by atoms with Gasteiger partial charge in [-0.25, -0.2) is 0 Å². The van der Waals surface area contributed by atoms with Crippen LogP contribution in [0.3, 0.4) is 0 Å². The van der Waals surface area contributed by atoms with Crippen molar-refractivity contribution in [2.75, 3.05) is 31.9 Å². The Morgan fingerprint density at radius 1 is 1.07 bits per heavy atom. The van der Waals surface area contributed by atoms with Gasteiger partial charge in [-0.2, -0.15) is 0 Å². The Morgan fingerprint density at radius 2 is 1.89 bits per heavy atom. The lowest BCUT2D eigenvalue weighted by Gasteiger charge is -2.34. The second-order valence-corrected chi connectivity index (χ2v) is 8.16. The van der Waals surface area contributed by atoms with E-state index in [0.29, 0.717) is 16.9 Å². The normalized spacial score (nSPS) is 15.2. The van der Waals surface area contributed by atoms with Gasteiger partial charge in [0.25, 0.3) is 11.1 Å². The van der Waals surface area contributed by atoms with E-state index < -0.39 is 0 Å². The SMILES string of the molecule is O=C(CSc1nnc(-c2cccs2)o1)N1CCN(Cc2ccccc2)CC1. The average molecular weight is 401 g/mol. The summed E-state index contributed by atoms with van der Waals surface area (Å²) in [5.74, 6) is 0.954. The number of carbonyl (C=O) groups excluding carboxylic acids is 1. The molecule has 0 spiro atoms. The van der Waals surface area contributed by atoms with Crippen LogP contribution in [0, 0.1) is 0 Å². The molecule has 1 amide bonds. The number of amides is 1. The van der Waals surface area contributed by atoms with Gasteiger partial charge in [-0.15, -0.1) is 21.5 Å². The van der Waals surface area contributed by atoms with Crippen LogP contribution in [0.15, 0.2) is 57.5 Å². The lowest BCUT2D eigenvalue weighted by molar-refractivity contribution is -0.130. The van der Waals surface area contributed by atoms with Crippen LogP contribution in [0.25, 0.3) is 10.8 Å². The summed E-state index contributed by atoms with van der Waals surface area (Å²) in [7, 11) is 0. The van der Waals surface area contributed by atoms with Crippen LogP contribution in [0.5, 0.6) is 0 Å². The minimum atomic E-state index is 0.121. The summed E-state index contributed by atoms with van der Waals surface area (Å²) < 4.78 is 5.62. The first kappa shape index (κ1) is 18.2. The molecule has 0 N–H and O–H groups in total. The Kier molecular flexibility index (Phi) is 5.86. The van der Waals surface area contributed by atoms with Crippen LogP contribution in [0.1, 0.15) is 5.56 Å². The highest BCUT2D eigenvalue weighted by molar-refractivity contribution is 7.99. The second kappa shape index (κ2) is 8.69. The molecule has 4 rings (SSSR count). The van der Waals surface area contributed by atoms with E-state index >= 15 is 0 Å². The molecule has 3 heterocycles. The molecule has 8 heteroatoms. The van der Waals surface area contributed by atoms with E-state index in [1.54, 1.807) is 11.3 Å². The molecule has 27 heavy (non-hydrogen) atoms. The number of nitrogens with zero attached hydrogens (tertiary/aromatic N) is 4. The van der Waals surface area contributed by atoms with E-state index in [9.17, 15) is 4.79 Å². The maximum atomic E-state index is 12.5. The standard InChI is InChI=1S/C19H20N4O2S2/c24-17(14-27-19-21-20-18(25-19)16-7-4-12-26-16)23-10-8-22(9-11-23)13-15-5-2-1-3-6-15/h1-7,12H,8-11,13-14H2. The fourth-order valence-electron chi connectivity index (χ4n) is 2.98. The number of thioether (sulfide) groups is 1. The summed E-state index contributed by atoms with van der Waals surface area (Å²) in [5.41, 5.74) is 1.31. The molecule has 1 aliphatic heterocycles. The molecule has 3 aromatic rings. The van der Waals surface area contributed by atoms with Crippen molar-refractivity contribution < 1.29 is 9.21 Å². The van der Waals surface area contributed by atoms with Crippen molar-refractivity contribution in [1.29, 1.82) is 0 Å². The smallest absolute Gasteiger partial charge is 0.277 e. The molecule has 0 bridgehead atoms. The quantitative estimate of drug-likeness (QED) is 0.592. The van der Waals surface area contributed by atoms with E-state index in [0.717, 1.165) is 37.6 Å². The van der Waals surface area contributed by atoms with Gasteiger partial charge in [0, 0.05) is 32.7 Å². The van der Waals surface area contributed by atoms with Crippen molar-refractivity contribution in [2.45, 2.75) is 11.8 Å². The monoisotopic (exact) mass is 400 g/mol. The van der Waals surface area contributed by atoms with Crippen molar-refractivity contribution in [3.63, 3.8) is 0 Å². The first-order valence-electron chi connectivity index (χ1n) is 8.82. The van der Waals surface area contributed by atoms with E-state index in [1.807, 2.05) is 28.5 Å². The van der Waals surface area contributed by atoms with Crippen molar-refractivity contribution >= 4 is 29.0 Å². The molecule has 1 aromatic carbocycles. The molecule has 0 radical (unpaired) electrons. The third kappa shape index (κ3) is 4.77. The summed E-state index contributed by atoms with van der Waals surface area (Å²) in [6.45, 7) is 4.25. The van der Waals surface area contributed by atoms with Crippen LogP contribution in [0.2, 0.25) is 0 Å². The highest BCUT2D eigenvalue weighted by Gasteiger charge is 2.22. The number of piperazine rings is 1. The zero-order valence-corrected chi connectivity index (χ0v) is 16.4. The number of rotatable bonds is 6. The lowest BCUT2D eigenvalue weighted by Crippen LogP contribution is -2.48. The highest BCUT2D eigenvalue weighted by Crippen LogP contribution is 2.26. The molecule has 6 nitrogen and oxygen atoms in total. The molecular weight excluding hydrogens is 380 g/mol. The number of hydrogen-bond donors (Lipinski definition) is 0. The topological polar surface area (TPSA) is 62.5 Å². The molecule has 0 aliphatic carbocycles. The predicted molar refractivity (Wildman–Crippen MR) is 107 cm³/mol. The van der Waals surface area contributed by atoms with E-state index in [-0.39, 0.29) is 5.91 Å². The Morgan fingerprint density at radius 3 is 2.63 bits per heavy atom. The lowest BCUT2D eigenvalue weighted by atomic mass is 10.2. The summed E-state index contributed by atoms with van der Waals surface area (Å²) >= 11 is 2.86. The van der Waals surface area contributed by atoms with Crippen molar-refractivity contribution in [3.05, 3.63) is 53.4 Å². The minimum absolute atomic E-state index is 0.121. The van der Waals surface area contributed by atoms with Gasteiger partial charge in [-0.1, -0.05) is 48.2 Å². The number of benzene rings is 1. The maximum Gasteiger partial charge on any atom is 0.277 e. The molecule has 2 aromatic heterocycles. The van der Waals surface area contributed by atoms with Crippen molar-refractivity contribution in [3.8, 4) is 10.8 Å². The fraction of sp³-hybridized carbons (Fsp3) is 0.316. The van der Waals surface area contributed by atoms with Crippen molar-refractivity contribution in [2.24, 2.45) is 0 Å².